The van der Waals surface area contributed by atoms with Gasteiger partial charge in [0.15, 0.2) is 0 Å². The maximum atomic E-state index is 12.5. The zero-order valence-electron chi connectivity index (χ0n) is 16.7. The molecule has 9 nitrogen and oxygen atoms in total. The minimum atomic E-state index is -0.607. The van der Waals surface area contributed by atoms with Crippen molar-refractivity contribution >= 4 is 5.91 Å². The number of carbonyl (C=O) groups excluding carboxylic acids is 1. The van der Waals surface area contributed by atoms with Gasteiger partial charge >= 0.3 is 5.63 Å². The van der Waals surface area contributed by atoms with E-state index in [2.05, 4.69) is 25.8 Å². The van der Waals surface area contributed by atoms with E-state index < -0.39 is 11.5 Å². The van der Waals surface area contributed by atoms with Crippen LogP contribution in [-0.2, 0) is 6.42 Å². The molecule has 156 valence electrons. The molecule has 3 aromatic heterocycles. The van der Waals surface area contributed by atoms with Crippen molar-refractivity contribution in [3.05, 3.63) is 63.8 Å². The minimum absolute atomic E-state index is 0.0316. The highest BCUT2D eigenvalue weighted by Crippen LogP contribution is 2.23. The van der Waals surface area contributed by atoms with Crippen LogP contribution in [0.2, 0.25) is 0 Å². The van der Waals surface area contributed by atoms with Crippen LogP contribution in [0.3, 0.4) is 0 Å². The highest BCUT2D eigenvalue weighted by atomic mass is 16.5. The maximum absolute atomic E-state index is 12.5. The van der Waals surface area contributed by atoms with Crippen molar-refractivity contribution in [2.24, 2.45) is 0 Å². The molecule has 0 bridgehead atoms. The van der Waals surface area contributed by atoms with Crippen LogP contribution in [0, 0.1) is 6.92 Å². The van der Waals surface area contributed by atoms with Gasteiger partial charge in [-0.3, -0.25) is 9.78 Å². The highest BCUT2D eigenvalue weighted by molar-refractivity contribution is 5.95. The predicted molar refractivity (Wildman–Crippen MR) is 108 cm³/mol. The molecule has 0 saturated carbocycles. The summed E-state index contributed by atoms with van der Waals surface area (Å²) in [5, 5.41) is 9.94. The van der Waals surface area contributed by atoms with Crippen molar-refractivity contribution in [3.63, 3.8) is 0 Å². The van der Waals surface area contributed by atoms with Crippen LogP contribution in [-0.4, -0.2) is 40.7 Å². The number of amides is 1. The Kier molecular flexibility index (Phi) is 5.99. The Morgan fingerprint density at radius 3 is 3.03 bits per heavy atom. The summed E-state index contributed by atoms with van der Waals surface area (Å²) in [6, 6.07) is 5.42. The van der Waals surface area contributed by atoms with Gasteiger partial charge in [0.2, 0.25) is 11.7 Å². The lowest BCUT2D eigenvalue weighted by Crippen LogP contribution is -2.32. The number of aromatic nitrogens is 3. The predicted octanol–water partition coefficient (Wildman–Crippen LogP) is 1.83. The fourth-order valence-electron chi connectivity index (χ4n) is 3.54. The molecule has 1 aliphatic heterocycles. The SMILES string of the molecule is Cc1cc(C2CCCNC2)oc(=O)c1C(=O)NCCc1nc(-c2cccnc2)no1. The van der Waals surface area contributed by atoms with Gasteiger partial charge < -0.3 is 19.6 Å². The largest absolute Gasteiger partial charge is 0.427 e. The standard InChI is InChI=1S/C21H23N5O4/c1-13-10-16(14-4-2-7-22-11-14)29-21(28)18(13)20(27)24-9-6-17-25-19(26-30-17)15-5-3-8-23-12-15/h3,5,8,10,12,14,22H,2,4,6-7,9,11H2,1H3,(H,24,27). The van der Waals surface area contributed by atoms with Crippen molar-refractivity contribution in [3.8, 4) is 11.4 Å². The third kappa shape index (κ3) is 4.46. The van der Waals surface area contributed by atoms with Gasteiger partial charge in [0, 0.05) is 43.4 Å². The fourth-order valence-corrected chi connectivity index (χ4v) is 3.54. The van der Waals surface area contributed by atoms with Gasteiger partial charge in [-0.05, 0) is 50.1 Å². The molecular weight excluding hydrogens is 386 g/mol. The van der Waals surface area contributed by atoms with E-state index in [9.17, 15) is 9.59 Å². The number of rotatable bonds is 6. The number of hydrogen-bond donors (Lipinski definition) is 2. The first-order valence-corrected chi connectivity index (χ1v) is 9.98. The molecule has 1 atom stereocenters. The number of hydrogen-bond acceptors (Lipinski definition) is 8. The average Bonchev–Trinajstić information content (AvgIpc) is 3.23. The fraction of sp³-hybridized carbons (Fsp3) is 0.381. The summed E-state index contributed by atoms with van der Waals surface area (Å²) < 4.78 is 10.7. The van der Waals surface area contributed by atoms with E-state index in [0.717, 1.165) is 31.5 Å². The molecule has 1 saturated heterocycles. The zero-order valence-corrected chi connectivity index (χ0v) is 16.7. The first kappa shape index (κ1) is 20.0. The van der Waals surface area contributed by atoms with Crippen molar-refractivity contribution in [2.75, 3.05) is 19.6 Å². The molecule has 3 aromatic rings. The summed E-state index contributed by atoms with van der Waals surface area (Å²) in [6.07, 6.45) is 5.65. The summed E-state index contributed by atoms with van der Waals surface area (Å²) in [4.78, 5) is 33.3. The van der Waals surface area contributed by atoms with Crippen LogP contribution in [0.15, 0.2) is 44.3 Å². The molecule has 1 amide bonds. The van der Waals surface area contributed by atoms with Crippen LogP contribution in [0.5, 0.6) is 0 Å². The van der Waals surface area contributed by atoms with Crippen molar-refractivity contribution < 1.29 is 13.7 Å². The molecule has 1 aliphatic rings. The van der Waals surface area contributed by atoms with Crippen LogP contribution in [0.1, 0.15) is 46.3 Å². The van der Waals surface area contributed by atoms with E-state index in [1.165, 1.54) is 0 Å². The van der Waals surface area contributed by atoms with E-state index in [1.807, 2.05) is 6.07 Å². The summed E-state index contributed by atoms with van der Waals surface area (Å²) in [5.74, 6) is 1.15. The molecule has 2 N–H and O–H groups in total. The second-order valence-electron chi connectivity index (χ2n) is 7.30. The lowest BCUT2D eigenvalue weighted by molar-refractivity contribution is 0.0948. The summed E-state index contributed by atoms with van der Waals surface area (Å²) in [5.41, 5.74) is 0.785. The molecule has 9 heteroatoms. The second kappa shape index (κ2) is 9.00. The molecule has 0 radical (unpaired) electrons. The minimum Gasteiger partial charge on any atom is -0.427 e. The molecule has 0 aromatic carbocycles. The summed E-state index contributed by atoms with van der Waals surface area (Å²) in [6.45, 7) is 3.76. The monoisotopic (exact) mass is 409 g/mol. The Morgan fingerprint density at radius 1 is 1.40 bits per heavy atom. The molecule has 1 fully saturated rings. The molecule has 0 aliphatic carbocycles. The Hall–Kier alpha value is -3.33. The zero-order chi connectivity index (χ0) is 20.9. The molecular formula is C21H23N5O4. The van der Waals surface area contributed by atoms with Gasteiger partial charge in [-0.2, -0.15) is 4.98 Å². The van der Waals surface area contributed by atoms with Gasteiger partial charge in [0.25, 0.3) is 5.91 Å². The van der Waals surface area contributed by atoms with Crippen molar-refractivity contribution in [1.82, 2.24) is 25.8 Å². The van der Waals surface area contributed by atoms with E-state index >= 15 is 0 Å². The highest BCUT2D eigenvalue weighted by Gasteiger charge is 2.22. The van der Waals surface area contributed by atoms with Gasteiger partial charge in [-0.1, -0.05) is 5.16 Å². The van der Waals surface area contributed by atoms with Gasteiger partial charge in [-0.15, -0.1) is 0 Å². The van der Waals surface area contributed by atoms with Gasteiger partial charge in [0.05, 0.1) is 0 Å². The third-order valence-corrected chi connectivity index (χ3v) is 5.11. The normalized spacial score (nSPS) is 16.4. The second-order valence-corrected chi connectivity index (χ2v) is 7.30. The maximum Gasteiger partial charge on any atom is 0.349 e. The van der Waals surface area contributed by atoms with E-state index in [-0.39, 0.29) is 18.0 Å². The Balaban J connectivity index is 1.37. The van der Waals surface area contributed by atoms with E-state index in [0.29, 0.717) is 29.5 Å². The molecule has 1 unspecified atom stereocenters. The van der Waals surface area contributed by atoms with Crippen molar-refractivity contribution in [2.45, 2.75) is 32.1 Å². The number of carbonyl (C=O) groups is 1. The first-order valence-electron chi connectivity index (χ1n) is 9.98. The Labute approximate surface area is 172 Å². The Morgan fingerprint density at radius 2 is 2.30 bits per heavy atom. The molecule has 30 heavy (non-hydrogen) atoms. The number of nitrogens with zero attached hydrogens (tertiary/aromatic N) is 3. The van der Waals surface area contributed by atoms with Gasteiger partial charge in [0.1, 0.15) is 11.3 Å². The number of aryl methyl sites for hydroxylation is 1. The number of piperidine rings is 1. The van der Waals surface area contributed by atoms with Crippen molar-refractivity contribution in [1.29, 1.82) is 0 Å². The van der Waals surface area contributed by atoms with Gasteiger partial charge in [-0.25, -0.2) is 4.79 Å². The van der Waals surface area contributed by atoms with Crippen LogP contribution >= 0.6 is 0 Å². The topological polar surface area (TPSA) is 123 Å². The van der Waals surface area contributed by atoms with Crippen LogP contribution in [0.4, 0.5) is 0 Å². The van der Waals surface area contributed by atoms with E-state index in [4.69, 9.17) is 8.94 Å². The average molecular weight is 409 g/mol. The molecule has 4 heterocycles. The Bertz CT molecular complexity index is 1070. The lowest BCUT2D eigenvalue weighted by atomic mass is 9.95. The quantitative estimate of drug-likeness (QED) is 0.632. The molecule has 0 spiro atoms. The number of pyridine rings is 1. The summed E-state index contributed by atoms with van der Waals surface area (Å²) in [7, 11) is 0. The smallest absolute Gasteiger partial charge is 0.349 e. The van der Waals surface area contributed by atoms with Crippen LogP contribution in [0.25, 0.3) is 11.4 Å². The molecule has 4 rings (SSSR count). The summed E-state index contributed by atoms with van der Waals surface area (Å²) >= 11 is 0. The van der Waals surface area contributed by atoms with Crippen LogP contribution < -0.4 is 16.3 Å². The number of nitrogens with one attached hydrogen (secondary N) is 2. The van der Waals surface area contributed by atoms with E-state index in [1.54, 1.807) is 31.5 Å². The lowest BCUT2D eigenvalue weighted by Gasteiger charge is -2.22. The first-order chi connectivity index (χ1) is 14.6. The third-order valence-electron chi connectivity index (χ3n) is 5.11.